The lowest BCUT2D eigenvalue weighted by Gasteiger charge is -2.44. The Morgan fingerprint density at radius 1 is 1.36 bits per heavy atom. The molecule has 3 fully saturated rings. The molecule has 4 aliphatic heterocycles. The largest absolute Gasteiger partial charge is 0.445 e. The monoisotopic (exact) mass is 424 g/mol. The van der Waals surface area contributed by atoms with Crippen molar-refractivity contribution in [2.24, 2.45) is 11.3 Å². The van der Waals surface area contributed by atoms with Crippen LogP contribution in [0.4, 0.5) is 4.79 Å². The summed E-state index contributed by atoms with van der Waals surface area (Å²) in [6.07, 6.45) is 2.08. The zero-order valence-electron chi connectivity index (χ0n) is 14.8. The van der Waals surface area contributed by atoms with Gasteiger partial charge in [0.2, 0.25) is 0 Å². The van der Waals surface area contributed by atoms with Crippen molar-refractivity contribution in [2.45, 2.75) is 43.7 Å². The number of hydrogen-bond acceptors (Lipinski definition) is 4. The van der Waals surface area contributed by atoms with Crippen molar-refractivity contribution >= 4 is 33.8 Å². The molecule has 2 bridgehead atoms. The molecule has 1 amide bonds. The van der Waals surface area contributed by atoms with Gasteiger partial charge in [-0.2, -0.15) is 0 Å². The number of amides is 1. The highest BCUT2D eigenvalue weighted by Gasteiger charge is 2.40. The normalized spacial score (nSPS) is 32.8. The van der Waals surface area contributed by atoms with Crippen molar-refractivity contribution in [3.8, 4) is 0 Å². The molecule has 4 heterocycles. The minimum absolute atomic E-state index is 0.0213. The molecule has 4 aliphatic rings. The fourth-order valence-electron chi connectivity index (χ4n) is 4.25. The summed E-state index contributed by atoms with van der Waals surface area (Å²) >= 11 is 5.43. The third kappa shape index (κ3) is 3.58. The second kappa shape index (κ2) is 6.78. The molecule has 1 aromatic carbocycles. The van der Waals surface area contributed by atoms with Crippen LogP contribution in [0.5, 0.6) is 0 Å². The van der Waals surface area contributed by atoms with E-state index in [9.17, 15) is 4.79 Å². The van der Waals surface area contributed by atoms with Gasteiger partial charge in [0.25, 0.3) is 0 Å². The van der Waals surface area contributed by atoms with Gasteiger partial charge in [0.1, 0.15) is 6.10 Å². The molecule has 1 N–H and O–H groups in total. The average molecular weight is 425 g/mol. The van der Waals surface area contributed by atoms with Crippen LogP contribution in [0.1, 0.15) is 38.3 Å². The molecule has 0 aliphatic carbocycles. The van der Waals surface area contributed by atoms with E-state index in [1.807, 2.05) is 11.8 Å². The van der Waals surface area contributed by atoms with Gasteiger partial charge in [-0.3, -0.25) is 4.90 Å². The molecule has 0 radical (unpaired) electrons. The summed E-state index contributed by atoms with van der Waals surface area (Å²) in [7, 11) is 0. The first kappa shape index (κ1) is 17.7. The number of carbonyl (C=O) groups is 1. The SMILES string of the molecule is CC1(C)CSc2ccc(Br)cc2C1NC(=O)OC1CN2CCC1CC2. The van der Waals surface area contributed by atoms with E-state index in [1.54, 1.807) is 0 Å². The van der Waals surface area contributed by atoms with Gasteiger partial charge in [0.05, 0.1) is 6.04 Å². The molecule has 0 aromatic heterocycles. The number of rotatable bonds is 2. The third-order valence-electron chi connectivity index (χ3n) is 5.78. The Labute approximate surface area is 162 Å². The second-order valence-corrected chi connectivity index (χ2v) is 10.1. The van der Waals surface area contributed by atoms with Gasteiger partial charge in [-0.05, 0) is 61.0 Å². The number of alkyl carbamates (subject to hydrolysis) is 1. The van der Waals surface area contributed by atoms with E-state index in [0.717, 1.165) is 42.7 Å². The maximum Gasteiger partial charge on any atom is 0.407 e. The Balaban J connectivity index is 1.49. The predicted molar refractivity (Wildman–Crippen MR) is 104 cm³/mol. The number of fused-ring (bicyclic) bond motifs is 4. The molecule has 4 nitrogen and oxygen atoms in total. The van der Waals surface area contributed by atoms with Crippen LogP contribution in [0, 0.1) is 11.3 Å². The third-order valence-corrected chi connectivity index (χ3v) is 7.85. The number of thioether (sulfide) groups is 1. The van der Waals surface area contributed by atoms with Crippen molar-refractivity contribution in [1.82, 2.24) is 10.2 Å². The average Bonchev–Trinajstić information content (AvgIpc) is 2.59. The Morgan fingerprint density at radius 3 is 2.80 bits per heavy atom. The van der Waals surface area contributed by atoms with Gasteiger partial charge < -0.3 is 10.1 Å². The molecule has 0 spiro atoms. The van der Waals surface area contributed by atoms with E-state index < -0.39 is 0 Å². The van der Waals surface area contributed by atoms with Crippen molar-refractivity contribution in [3.05, 3.63) is 28.2 Å². The van der Waals surface area contributed by atoms with Crippen LogP contribution in [0.2, 0.25) is 0 Å². The summed E-state index contributed by atoms with van der Waals surface area (Å²) in [6, 6.07) is 6.29. The van der Waals surface area contributed by atoms with Crippen molar-refractivity contribution in [2.75, 3.05) is 25.4 Å². The first-order chi connectivity index (χ1) is 11.9. The smallest absolute Gasteiger partial charge is 0.407 e. The van der Waals surface area contributed by atoms with Gasteiger partial charge in [0.15, 0.2) is 0 Å². The molecule has 25 heavy (non-hydrogen) atoms. The van der Waals surface area contributed by atoms with Crippen molar-refractivity contribution in [1.29, 1.82) is 0 Å². The van der Waals surface area contributed by atoms with E-state index in [2.05, 4.69) is 58.2 Å². The Kier molecular flexibility index (Phi) is 4.80. The fourth-order valence-corrected chi connectivity index (χ4v) is 5.83. The molecule has 136 valence electrons. The van der Waals surface area contributed by atoms with E-state index >= 15 is 0 Å². The highest BCUT2D eigenvalue weighted by molar-refractivity contribution is 9.10. The summed E-state index contributed by atoms with van der Waals surface area (Å²) in [5.41, 5.74) is 1.16. The minimum atomic E-state index is -0.269. The highest BCUT2D eigenvalue weighted by atomic mass is 79.9. The number of benzene rings is 1. The number of nitrogens with one attached hydrogen (secondary N) is 1. The van der Waals surface area contributed by atoms with E-state index in [0.29, 0.717) is 5.92 Å². The minimum Gasteiger partial charge on any atom is -0.445 e. The van der Waals surface area contributed by atoms with E-state index in [4.69, 9.17) is 4.74 Å². The number of halogens is 1. The van der Waals surface area contributed by atoms with Crippen molar-refractivity contribution in [3.63, 3.8) is 0 Å². The van der Waals surface area contributed by atoms with Crippen LogP contribution in [0.3, 0.4) is 0 Å². The number of nitrogens with zero attached hydrogens (tertiary/aromatic N) is 1. The molecular formula is C19H25BrN2O2S. The number of hydrogen-bond donors (Lipinski definition) is 1. The van der Waals surface area contributed by atoms with E-state index in [-0.39, 0.29) is 23.7 Å². The molecule has 6 heteroatoms. The molecular weight excluding hydrogens is 400 g/mol. The van der Waals surface area contributed by atoms with Gasteiger partial charge >= 0.3 is 6.09 Å². The number of ether oxygens (including phenoxy) is 1. The summed E-state index contributed by atoms with van der Waals surface area (Å²) < 4.78 is 6.90. The lowest BCUT2D eigenvalue weighted by Crippen LogP contribution is -2.53. The van der Waals surface area contributed by atoms with Crippen LogP contribution >= 0.6 is 27.7 Å². The second-order valence-electron chi connectivity index (χ2n) is 8.12. The van der Waals surface area contributed by atoms with Crippen molar-refractivity contribution < 1.29 is 9.53 Å². The van der Waals surface area contributed by atoms with Crippen LogP contribution in [-0.2, 0) is 4.74 Å². The molecule has 5 rings (SSSR count). The Hall–Kier alpha value is -0.720. The van der Waals surface area contributed by atoms with Gasteiger partial charge in [-0.25, -0.2) is 4.79 Å². The first-order valence-electron chi connectivity index (χ1n) is 9.04. The molecule has 2 atom stereocenters. The van der Waals surface area contributed by atoms with Gasteiger partial charge in [-0.15, -0.1) is 11.8 Å². The Bertz CT molecular complexity index is 673. The van der Waals surface area contributed by atoms with Crippen LogP contribution in [0.15, 0.2) is 27.6 Å². The number of piperidine rings is 3. The standard InChI is InChI=1S/C19H25BrN2O2S/c1-19(2)11-25-16-4-3-13(20)9-14(16)17(19)21-18(23)24-15-10-22-7-5-12(15)6-8-22/h3-4,9,12,15,17H,5-8,10-11H2,1-2H3,(H,21,23). The topological polar surface area (TPSA) is 41.6 Å². The lowest BCUT2D eigenvalue weighted by molar-refractivity contribution is -0.0349. The maximum atomic E-state index is 12.7. The fraction of sp³-hybridized carbons (Fsp3) is 0.632. The van der Waals surface area contributed by atoms with Gasteiger partial charge in [-0.1, -0.05) is 29.8 Å². The quantitative estimate of drug-likeness (QED) is 0.761. The summed E-state index contributed by atoms with van der Waals surface area (Å²) in [6.45, 7) is 7.62. The first-order valence-corrected chi connectivity index (χ1v) is 10.8. The predicted octanol–water partition coefficient (Wildman–Crippen LogP) is 4.44. The molecule has 2 unspecified atom stereocenters. The summed E-state index contributed by atoms with van der Waals surface area (Å²) in [4.78, 5) is 16.3. The summed E-state index contributed by atoms with van der Waals surface area (Å²) in [5, 5.41) is 3.19. The zero-order valence-corrected chi connectivity index (χ0v) is 17.2. The summed E-state index contributed by atoms with van der Waals surface area (Å²) in [5.74, 6) is 1.51. The molecule has 0 saturated carbocycles. The molecule has 1 aromatic rings. The van der Waals surface area contributed by atoms with Gasteiger partial charge in [0, 0.05) is 21.7 Å². The number of carbonyl (C=O) groups excluding carboxylic acids is 1. The van der Waals surface area contributed by atoms with Crippen LogP contribution in [0.25, 0.3) is 0 Å². The van der Waals surface area contributed by atoms with E-state index in [1.165, 1.54) is 10.5 Å². The highest BCUT2D eigenvalue weighted by Crippen LogP contribution is 2.47. The lowest BCUT2D eigenvalue weighted by atomic mass is 9.81. The molecule has 3 saturated heterocycles. The zero-order chi connectivity index (χ0) is 17.6. The van der Waals surface area contributed by atoms with Crippen LogP contribution < -0.4 is 5.32 Å². The maximum absolute atomic E-state index is 12.7. The Morgan fingerprint density at radius 2 is 2.12 bits per heavy atom. The van der Waals surface area contributed by atoms with Crippen LogP contribution in [-0.4, -0.2) is 42.5 Å².